The number of anilines is 2. The molecule has 2 aromatic carbocycles. The van der Waals surface area contributed by atoms with Crippen LogP contribution in [0.3, 0.4) is 0 Å². The van der Waals surface area contributed by atoms with Gasteiger partial charge in [0.15, 0.2) is 0 Å². The molecule has 4 fully saturated rings. The number of aryl methyl sites for hydroxylation is 6. The molecule has 3 aliphatic carbocycles. The number of nitrogens with zero attached hydrogens (tertiary/aromatic N) is 2. The fourth-order valence-electron chi connectivity index (χ4n) is 10.4. The van der Waals surface area contributed by atoms with Gasteiger partial charge in [0.2, 0.25) is 0 Å². The second kappa shape index (κ2) is 18.4. The molecule has 50 heavy (non-hydrogen) atoms. The predicted octanol–water partition coefficient (Wildman–Crippen LogP) is 13.5. The Balaban J connectivity index is 0.000000195. The summed E-state index contributed by atoms with van der Waals surface area (Å²) in [6.07, 6.45) is 25.3. The van der Waals surface area contributed by atoms with E-state index in [4.69, 9.17) is 19.4 Å². The summed E-state index contributed by atoms with van der Waals surface area (Å²) in [5.41, 5.74) is 14.7. The van der Waals surface area contributed by atoms with E-state index < -0.39 is 20.4 Å². The van der Waals surface area contributed by atoms with E-state index >= 15 is 0 Å². The Morgan fingerprint density at radius 3 is 1.22 bits per heavy atom. The van der Waals surface area contributed by atoms with Crippen molar-refractivity contribution in [3.8, 4) is 0 Å². The molecule has 0 radical (unpaired) electrons. The maximum atomic E-state index is 6.63. The zero-order valence-corrected chi connectivity index (χ0v) is 36.5. The van der Waals surface area contributed by atoms with Crippen molar-refractivity contribution >= 4 is 47.8 Å². The zero-order valence-electron chi connectivity index (χ0n) is 32.4. The van der Waals surface area contributed by atoms with Crippen LogP contribution in [0.4, 0.5) is 11.4 Å². The summed E-state index contributed by atoms with van der Waals surface area (Å²) in [5, 5.41) is 0. The summed E-state index contributed by atoms with van der Waals surface area (Å²) in [6.45, 7) is 20.2. The molecular formula is C44H66Cl2N2PRu-. The Bertz CT molecular complexity index is 1420. The Labute approximate surface area is 320 Å². The van der Waals surface area contributed by atoms with Crippen LogP contribution < -0.4 is 9.80 Å². The molecular weight excluding hydrogens is 759 g/mol. The van der Waals surface area contributed by atoms with Crippen molar-refractivity contribution in [2.24, 2.45) is 0 Å². The fourth-order valence-corrected chi connectivity index (χ4v) is 20.4. The van der Waals surface area contributed by atoms with Crippen molar-refractivity contribution in [3.05, 3.63) is 76.2 Å². The Hall–Kier alpha value is -0.977. The van der Waals surface area contributed by atoms with Crippen LogP contribution in [-0.2, 0) is 13.5 Å². The zero-order chi connectivity index (χ0) is 36.0. The quantitative estimate of drug-likeness (QED) is 0.163. The van der Waals surface area contributed by atoms with Gasteiger partial charge in [-0.3, -0.25) is 0 Å². The third-order valence-corrected chi connectivity index (χ3v) is 21.1. The van der Waals surface area contributed by atoms with Crippen LogP contribution in [0.2, 0.25) is 0 Å². The van der Waals surface area contributed by atoms with E-state index in [9.17, 15) is 0 Å². The van der Waals surface area contributed by atoms with E-state index in [2.05, 4.69) is 101 Å². The average Bonchev–Trinajstić information content (AvgIpc) is 3.50. The van der Waals surface area contributed by atoms with E-state index in [-0.39, 0.29) is 0 Å². The third-order valence-electron chi connectivity index (χ3n) is 12.1. The number of hydrogen-bond donors (Lipinski definition) is 0. The van der Waals surface area contributed by atoms with Crippen molar-refractivity contribution in [1.29, 1.82) is 0 Å². The van der Waals surface area contributed by atoms with Crippen molar-refractivity contribution in [2.45, 2.75) is 162 Å². The largest absolute Gasteiger partial charge is 0.242 e. The summed E-state index contributed by atoms with van der Waals surface area (Å²) in [6, 6.07) is 8.96. The summed E-state index contributed by atoms with van der Waals surface area (Å²) in [4.78, 5) is 4.73. The Morgan fingerprint density at radius 1 is 0.620 bits per heavy atom. The van der Waals surface area contributed by atoms with Gasteiger partial charge in [0.1, 0.15) is 0 Å². The molecule has 3 saturated carbocycles. The molecule has 2 aromatic rings. The minimum Gasteiger partial charge on any atom is -0.242 e. The van der Waals surface area contributed by atoms with Gasteiger partial charge in [0.05, 0.1) is 0 Å². The smallest absolute Gasteiger partial charge is 0.0219 e. The molecule has 0 amide bonds. The number of halogens is 2. The molecule has 1 heterocycles. The molecule has 0 aromatic heterocycles. The van der Waals surface area contributed by atoms with Crippen molar-refractivity contribution in [2.75, 3.05) is 22.9 Å². The Morgan fingerprint density at radius 2 is 0.940 bits per heavy atom. The van der Waals surface area contributed by atoms with E-state index in [0.29, 0.717) is 0 Å². The van der Waals surface area contributed by atoms with Crippen LogP contribution in [0.5, 0.6) is 0 Å². The SMILES string of the molecule is Cc1cc(C)c(N2CCN(c3c(C)cc(C)cc3C)[C]2=[Ru]([Cl])[Cl])c(C)c1.[CH2-]C(C)=CC=P(C1CCCCC1)(C1CCCCC1)C1CCCCC1. The first-order valence-corrected chi connectivity index (χ1v) is 27.1. The molecule has 0 unspecified atom stereocenters. The fraction of sp³-hybridized carbons (Fsp3) is 0.614. The van der Waals surface area contributed by atoms with E-state index in [0.717, 1.165) is 34.4 Å². The second-order valence-corrected chi connectivity index (χ2v) is 26.1. The molecule has 0 N–H and O–H groups in total. The standard InChI is InChI=1S/C23H40P.C21H26N2.2ClH.Ru/c1-20(2)18-19-24(21-12-6-3-7-13-21,22-14-8-4-9-15-22)23-16-10-5-11-17-23;1-14-9-16(3)20(17(4)10-14)22-7-8-23(13-22)21-18(5)11-15(2)12-19(21)6;;;/h18-19,21-23H,1,3-17H2,2H3;9-12H,7-8H2,1-6H3;2*1H;/q-1;;;;+2/p-2. The molecule has 0 atom stereocenters. The van der Waals surface area contributed by atoms with Gasteiger partial charge >= 0.3 is 171 Å². The molecule has 0 spiro atoms. The van der Waals surface area contributed by atoms with Gasteiger partial charge < -0.3 is 0 Å². The monoisotopic (exact) mass is 825 g/mol. The first-order valence-electron chi connectivity index (χ1n) is 19.7. The van der Waals surface area contributed by atoms with E-state index in [1.807, 2.05) is 0 Å². The maximum absolute atomic E-state index is 6.63. The van der Waals surface area contributed by atoms with E-state index in [1.54, 1.807) is 38.5 Å². The van der Waals surface area contributed by atoms with Crippen molar-refractivity contribution < 1.29 is 13.5 Å². The van der Waals surface area contributed by atoms with Gasteiger partial charge in [-0.05, 0) is 55.5 Å². The molecule has 6 rings (SSSR count). The first-order chi connectivity index (χ1) is 23.9. The van der Waals surface area contributed by atoms with Crippen LogP contribution >= 0.6 is 26.3 Å². The average molecular weight is 826 g/mol. The number of rotatable bonds is 6. The van der Waals surface area contributed by atoms with Crippen LogP contribution in [-0.4, -0.2) is 40.2 Å². The van der Waals surface area contributed by atoms with Gasteiger partial charge in [-0.15, -0.1) is 12.7 Å². The van der Waals surface area contributed by atoms with Crippen molar-refractivity contribution in [1.82, 2.24) is 0 Å². The van der Waals surface area contributed by atoms with Crippen molar-refractivity contribution in [3.63, 3.8) is 0 Å². The van der Waals surface area contributed by atoms with Crippen LogP contribution in [0, 0.1) is 48.5 Å². The third kappa shape index (κ3) is 9.20. The molecule has 2 nitrogen and oxygen atoms in total. The van der Waals surface area contributed by atoms with E-state index in [1.165, 1.54) is 108 Å². The molecule has 1 saturated heterocycles. The molecule has 0 bridgehead atoms. The summed E-state index contributed by atoms with van der Waals surface area (Å²) in [7, 11) is 13.3. The molecule has 6 heteroatoms. The number of allylic oxidation sites excluding steroid dienone is 2. The summed E-state index contributed by atoms with van der Waals surface area (Å²) >= 11 is -2.12. The number of benzene rings is 2. The topological polar surface area (TPSA) is 6.48 Å². The minimum atomic E-state index is -2.12. The second-order valence-electron chi connectivity index (χ2n) is 16.2. The van der Waals surface area contributed by atoms with Gasteiger partial charge in [0.25, 0.3) is 0 Å². The molecule has 4 aliphatic rings. The van der Waals surface area contributed by atoms with Gasteiger partial charge in [-0.1, -0.05) is 64.7 Å². The minimum absolute atomic E-state index is 0.914. The predicted molar refractivity (Wildman–Crippen MR) is 225 cm³/mol. The maximum Gasteiger partial charge on any atom is -0.0219 e. The van der Waals surface area contributed by atoms with Gasteiger partial charge in [0, 0.05) is 0 Å². The molecule has 1 aliphatic heterocycles. The van der Waals surface area contributed by atoms with Gasteiger partial charge in [-0.25, -0.2) is 18.6 Å². The Kier molecular flexibility index (Phi) is 14.8. The van der Waals surface area contributed by atoms with Crippen LogP contribution in [0.1, 0.15) is 137 Å². The summed E-state index contributed by atoms with van der Waals surface area (Å²) < 4.78 is 1.10. The molecule has 280 valence electrons. The first kappa shape index (κ1) is 40.2. The summed E-state index contributed by atoms with van der Waals surface area (Å²) in [5.74, 6) is 2.84. The van der Waals surface area contributed by atoms with Gasteiger partial charge in [-0.2, -0.15) is 0 Å². The van der Waals surface area contributed by atoms with Crippen LogP contribution in [0.15, 0.2) is 35.9 Å². The number of hydrogen-bond acceptors (Lipinski definition) is 2. The normalized spacial score (nSPS) is 20.5. The van der Waals surface area contributed by atoms with Crippen LogP contribution in [0.25, 0.3) is 0 Å².